The summed E-state index contributed by atoms with van der Waals surface area (Å²) in [5, 5.41) is 2.97. The first-order valence-electron chi connectivity index (χ1n) is 6.50. The Balaban J connectivity index is 2.79. The predicted octanol–water partition coefficient (Wildman–Crippen LogP) is 2.59. The first-order valence-corrected chi connectivity index (χ1v) is 6.50. The summed E-state index contributed by atoms with van der Waals surface area (Å²) >= 11 is 0. The maximum absolute atomic E-state index is 12.2. The lowest BCUT2D eigenvalue weighted by molar-refractivity contribution is -0.127. The number of furan rings is 1. The predicted molar refractivity (Wildman–Crippen MR) is 72.2 cm³/mol. The van der Waals surface area contributed by atoms with Gasteiger partial charge >= 0.3 is 0 Å². The molecule has 0 spiro atoms. The molecule has 0 radical (unpaired) electrons. The number of hydrogen-bond acceptors (Lipinski definition) is 3. The molecule has 1 atom stereocenters. The van der Waals surface area contributed by atoms with E-state index >= 15 is 0 Å². The molecule has 0 saturated carbocycles. The van der Waals surface area contributed by atoms with E-state index < -0.39 is 5.54 Å². The van der Waals surface area contributed by atoms with Crippen molar-refractivity contribution in [3.8, 4) is 0 Å². The smallest absolute Gasteiger partial charge is 0.240 e. The number of nitrogens with two attached hydrogens (primary N) is 1. The minimum absolute atomic E-state index is 0.0871. The number of amides is 1. The van der Waals surface area contributed by atoms with Gasteiger partial charge < -0.3 is 15.5 Å². The fraction of sp³-hybridized carbons (Fsp3) is 0.643. The van der Waals surface area contributed by atoms with Crippen LogP contribution in [0.2, 0.25) is 0 Å². The van der Waals surface area contributed by atoms with Crippen LogP contribution in [0.1, 0.15) is 56.7 Å². The first-order chi connectivity index (χ1) is 8.34. The van der Waals surface area contributed by atoms with E-state index in [0.29, 0.717) is 12.8 Å². The van der Waals surface area contributed by atoms with Crippen LogP contribution in [0.15, 0.2) is 10.5 Å². The highest BCUT2D eigenvalue weighted by atomic mass is 16.3. The third kappa shape index (κ3) is 2.93. The molecule has 0 aliphatic carbocycles. The molecule has 0 aliphatic rings. The topological polar surface area (TPSA) is 68.3 Å². The van der Waals surface area contributed by atoms with Crippen LogP contribution >= 0.6 is 0 Å². The monoisotopic (exact) mass is 252 g/mol. The summed E-state index contributed by atoms with van der Waals surface area (Å²) in [6, 6.07) is 1.87. The van der Waals surface area contributed by atoms with E-state index in [4.69, 9.17) is 10.2 Å². The summed E-state index contributed by atoms with van der Waals surface area (Å²) in [6.07, 6.45) is 1.26. The first kappa shape index (κ1) is 14.8. The molecule has 1 amide bonds. The molecule has 0 aromatic carbocycles. The Morgan fingerprint density at radius 1 is 1.44 bits per heavy atom. The third-order valence-electron chi connectivity index (χ3n) is 3.61. The third-order valence-corrected chi connectivity index (χ3v) is 3.61. The van der Waals surface area contributed by atoms with Crippen molar-refractivity contribution < 1.29 is 9.21 Å². The number of rotatable bonds is 5. The standard InChI is InChI=1S/C14H24N2O2/c1-6-14(15,7-2)13(17)16-10(4)12-8-9(3)18-11(12)5/h8,10H,6-7,15H2,1-5H3,(H,16,17). The lowest BCUT2D eigenvalue weighted by Crippen LogP contribution is -2.53. The molecule has 102 valence electrons. The Bertz CT molecular complexity index is 419. The largest absolute Gasteiger partial charge is 0.466 e. The maximum atomic E-state index is 12.2. The van der Waals surface area contributed by atoms with Crippen molar-refractivity contribution in [1.82, 2.24) is 5.32 Å². The van der Waals surface area contributed by atoms with Crippen molar-refractivity contribution in [2.75, 3.05) is 0 Å². The van der Waals surface area contributed by atoms with E-state index in [9.17, 15) is 4.79 Å². The van der Waals surface area contributed by atoms with Crippen molar-refractivity contribution in [3.05, 3.63) is 23.2 Å². The normalized spacial score (nSPS) is 13.4. The van der Waals surface area contributed by atoms with Crippen LogP contribution in [-0.2, 0) is 4.79 Å². The van der Waals surface area contributed by atoms with Gasteiger partial charge in [0.05, 0.1) is 11.6 Å². The van der Waals surface area contributed by atoms with Gasteiger partial charge in [0.25, 0.3) is 0 Å². The summed E-state index contributed by atoms with van der Waals surface area (Å²) < 4.78 is 5.47. The van der Waals surface area contributed by atoms with E-state index in [2.05, 4.69) is 5.32 Å². The number of carbonyl (C=O) groups is 1. The Kier molecular flexibility index (Phi) is 4.57. The number of nitrogens with one attached hydrogen (secondary N) is 1. The molecule has 18 heavy (non-hydrogen) atoms. The lowest BCUT2D eigenvalue weighted by Gasteiger charge is -2.27. The van der Waals surface area contributed by atoms with Gasteiger partial charge in [-0.15, -0.1) is 0 Å². The van der Waals surface area contributed by atoms with E-state index in [0.717, 1.165) is 17.1 Å². The van der Waals surface area contributed by atoms with Gasteiger partial charge in [0.15, 0.2) is 0 Å². The summed E-state index contributed by atoms with van der Waals surface area (Å²) in [6.45, 7) is 9.61. The number of carbonyl (C=O) groups excluding carboxylic acids is 1. The summed E-state index contributed by atoms with van der Waals surface area (Å²) in [4.78, 5) is 12.2. The zero-order valence-corrected chi connectivity index (χ0v) is 12.0. The zero-order valence-electron chi connectivity index (χ0n) is 12.0. The quantitative estimate of drug-likeness (QED) is 0.846. The second kappa shape index (κ2) is 5.57. The van der Waals surface area contributed by atoms with Gasteiger partial charge in [0, 0.05) is 5.56 Å². The average molecular weight is 252 g/mol. The SMILES string of the molecule is CCC(N)(CC)C(=O)NC(C)c1cc(C)oc1C. The molecule has 4 nitrogen and oxygen atoms in total. The highest BCUT2D eigenvalue weighted by Crippen LogP contribution is 2.22. The summed E-state index contributed by atoms with van der Waals surface area (Å²) in [7, 11) is 0. The van der Waals surface area contributed by atoms with Gasteiger partial charge in [0.2, 0.25) is 5.91 Å². The van der Waals surface area contributed by atoms with Crippen molar-refractivity contribution in [2.45, 2.75) is 59.0 Å². The van der Waals surface area contributed by atoms with Crippen molar-refractivity contribution in [2.24, 2.45) is 5.73 Å². The van der Waals surface area contributed by atoms with Crippen LogP contribution in [0.25, 0.3) is 0 Å². The second-order valence-corrected chi connectivity index (χ2v) is 4.93. The molecule has 1 rings (SSSR count). The molecule has 1 aromatic heterocycles. The molecule has 0 saturated heterocycles. The van der Waals surface area contributed by atoms with Gasteiger partial charge in [-0.1, -0.05) is 13.8 Å². The van der Waals surface area contributed by atoms with E-state index in [1.165, 1.54) is 0 Å². The molecule has 4 heteroatoms. The Labute approximate surface area is 109 Å². The van der Waals surface area contributed by atoms with E-state index in [1.54, 1.807) is 0 Å². The van der Waals surface area contributed by atoms with Gasteiger partial charge in [-0.3, -0.25) is 4.79 Å². The van der Waals surface area contributed by atoms with Gasteiger partial charge in [-0.2, -0.15) is 0 Å². The fourth-order valence-corrected chi connectivity index (χ4v) is 2.07. The van der Waals surface area contributed by atoms with Crippen molar-refractivity contribution in [1.29, 1.82) is 0 Å². The van der Waals surface area contributed by atoms with Crippen molar-refractivity contribution in [3.63, 3.8) is 0 Å². The summed E-state index contributed by atoms with van der Waals surface area (Å²) in [5.74, 6) is 1.60. The zero-order chi connectivity index (χ0) is 13.9. The van der Waals surface area contributed by atoms with Gasteiger partial charge in [-0.05, 0) is 39.7 Å². The van der Waals surface area contributed by atoms with Crippen LogP contribution in [-0.4, -0.2) is 11.4 Å². The van der Waals surface area contributed by atoms with Crippen molar-refractivity contribution >= 4 is 5.91 Å². The van der Waals surface area contributed by atoms with E-state index in [-0.39, 0.29) is 11.9 Å². The van der Waals surface area contributed by atoms with Gasteiger partial charge in [-0.25, -0.2) is 0 Å². The number of hydrogen-bond donors (Lipinski definition) is 2. The molecule has 3 N–H and O–H groups in total. The maximum Gasteiger partial charge on any atom is 0.240 e. The van der Waals surface area contributed by atoms with E-state index in [1.807, 2.05) is 40.7 Å². The summed E-state index contributed by atoms with van der Waals surface area (Å²) in [5.41, 5.74) is 6.31. The molecule has 1 aromatic rings. The highest BCUT2D eigenvalue weighted by Gasteiger charge is 2.31. The molecule has 0 aliphatic heterocycles. The molecule has 0 bridgehead atoms. The van der Waals surface area contributed by atoms with Gasteiger partial charge in [0.1, 0.15) is 11.5 Å². The minimum atomic E-state index is -0.777. The molecular formula is C14H24N2O2. The highest BCUT2D eigenvalue weighted by molar-refractivity contribution is 5.86. The molecular weight excluding hydrogens is 228 g/mol. The van der Waals surface area contributed by atoms with Crippen LogP contribution in [0.3, 0.4) is 0 Å². The second-order valence-electron chi connectivity index (χ2n) is 4.93. The molecule has 0 fully saturated rings. The Morgan fingerprint density at radius 2 is 2.00 bits per heavy atom. The fourth-order valence-electron chi connectivity index (χ4n) is 2.07. The van der Waals surface area contributed by atoms with Crippen LogP contribution in [0, 0.1) is 13.8 Å². The van der Waals surface area contributed by atoms with Crippen LogP contribution < -0.4 is 11.1 Å². The van der Waals surface area contributed by atoms with Crippen LogP contribution in [0.4, 0.5) is 0 Å². The molecule has 1 unspecified atom stereocenters. The minimum Gasteiger partial charge on any atom is -0.466 e. The molecule has 1 heterocycles. The Hall–Kier alpha value is -1.29. The Morgan fingerprint density at radius 3 is 2.39 bits per heavy atom. The lowest BCUT2D eigenvalue weighted by atomic mass is 9.92. The number of aryl methyl sites for hydroxylation is 2. The van der Waals surface area contributed by atoms with Crippen LogP contribution in [0.5, 0.6) is 0 Å². The average Bonchev–Trinajstić information content (AvgIpc) is 2.67.